The third-order valence-electron chi connectivity index (χ3n) is 9.70. The summed E-state index contributed by atoms with van der Waals surface area (Å²) in [5.74, 6) is 0.682. The molecule has 2 aliphatic heterocycles. The highest BCUT2D eigenvalue weighted by atomic mass is 32.2. The van der Waals surface area contributed by atoms with E-state index in [1.165, 1.54) is 49.4 Å². The van der Waals surface area contributed by atoms with Gasteiger partial charge in [-0.3, -0.25) is 4.99 Å². The van der Waals surface area contributed by atoms with E-state index >= 15 is 0 Å². The van der Waals surface area contributed by atoms with Crippen LogP contribution >= 0.6 is 11.8 Å². The van der Waals surface area contributed by atoms with Crippen molar-refractivity contribution in [1.82, 2.24) is 4.57 Å². The van der Waals surface area contributed by atoms with Crippen LogP contribution in [0.2, 0.25) is 0 Å². The van der Waals surface area contributed by atoms with Crippen molar-refractivity contribution in [3.05, 3.63) is 156 Å². The number of aryl methyl sites for hydroxylation is 1. The SMILES string of the molecule is C=C/C=C\C(=C/C)n1c(/C=C\C)c(C)c2ccc3c(c21)C/C=C\C=C/CN3c1cc2c(c(C(N=C)=NCC(/C=C\C)=C/C)c1)SC1CC=CC=C21. The van der Waals surface area contributed by atoms with Gasteiger partial charge in [-0.1, -0.05) is 97.7 Å². The quantitative estimate of drug-likeness (QED) is 0.127. The molecule has 4 nitrogen and oxygen atoms in total. The third-order valence-corrected chi connectivity index (χ3v) is 11.1. The maximum atomic E-state index is 5.06. The van der Waals surface area contributed by atoms with E-state index in [-0.39, 0.29) is 0 Å². The monoisotopic (exact) mass is 688 g/mol. The Labute approximate surface area is 308 Å². The number of benzene rings is 2. The van der Waals surface area contributed by atoms with E-state index in [0.717, 1.165) is 35.4 Å². The first-order valence-corrected chi connectivity index (χ1v) is 18.7. The predicted molar refractivity (Wildman–Crippen MR) is 227 cm³/mol. The van der Waals surface area contributed by atoms with Crippen molar-refractivity contribution >= 4 is 63.9 Å². The number of aromatic nitrogens is 1. The van der Waals surface area contributed by atoms with E-state index in [1.54, 1.807) is 0 Å². The highest BCUT2D eigenvalue weighted by Gasteiger charge is 2.33. The molecule has 6 rings (SSSR count). The lowest BCUT2D eigenvalue weighted by atomic mass is 9.94. The number of hydrogen-bond donors (Lipinski definition) is 0. The standard InChI is InChI=1S/C46H48N4S/c1-8-13-22-34(12-5)50-41(21-10-3)32(6)36-26-27-42-38(44(36)50)24-16-14-15-19-28-49(42)35-29-39-37-23-17-18-25-43(37)51-45(39)40(30-35)46(47-7)48-31-33(11-4)20-9-2/h8-23,26-27,29-30,43H,1,7,24-25,28,31H2,2-6H3/b16-14-,19-15-,20-9-,21-10-,22-13-,33-11+,34-12+,48-46?. The van der Waals surface area contributed by atoms with Crippen LogP contribution in [-0.2, 0) is 6.42 Å². The topological polar surface area (TPSA) is 32.9 Å². The summed E-state index contributed by atoms with van der Waals surface area (Å²) in [6.07, 6.45) is 36.2. The summed E-state index contributed by atoms with van der Waals surface area (Å²) in [6, 6.07) is 9.31. The number of anilines is 2. The van der Waals surface area contributed by atoms with Gasteiger partial charge in [-0.15, -0.1) is 11.8 Å². The van der Waals surface area contributed by atoms with Crippen molar-refractivity contribution in [2.75, 3.05) is 18.0 Å². The van der Waals surface area contributed by atoms with Gasteiger partial charge in [0.05, 0.1) is 12.1 Å². The Balaban J connectivity index is 1.63. The van der Waals surface area contributed by atoms with E-state index in [2.05, 4.69) is 165 Å². The molecule has 1 aromatic heterocycles. The minimum atomic E-state index is 0.380. The fourth-order valence-electron chi connectivity index (χ4n) is 7.25. The first-order valence-electron chi connectivity index (χ1n) is 17.8. The number of nitrogens with zero attached hydrogens (tertiary/aromatic N) is 4. The molecule has 258 valence electrons. The summed E-state index contributed by atoms with van der Waals surface area (Å²) in [5, 5.41) is 1.64. The van der Waals surface area contributed by atoms with E-state index in [0.29, 0.717) is 24.2 Å². The number of thioether (sulfide) groups is 1. The number of aliphatic imine (C=N–C) groups is 2. The van der Waals surface area contributed by atoms with Crippen molar-refractivity contribution in [3.8, 4) is 0 Å². The molecule has 3 aliphatic rings. The Morgan fingerprint density at radius 3 is 2.59 bits per heavy atom. The average molecular weight is 689 g/mol. The van der Waals surface area contributed by atoms with E-state index in [1.807, 2.05) is 30.8 Å². The molecule has 1 unspecified atom stereocenters. The molecule has 2 aromatic carbocycles. The lowest BCUT2D eigenvalue weighted by Crippen LogP contribution is -2.20. The van der Waals surface area contributed by atoms with Crippen LogP contribution in [-0.4, -0.2) is 35.5 Å². The second-order valence-corrected chi connectivity index (χ2v) is 13.9. The lowest BCUT2D eigenvalue weighted by molar-refractivity contribution is 1.06. The van der Waals surface area contributed by atoms with Gasteiger partial charge in [-0.25, -0.2) is 4.99 Å². The molecular weight excluding hydrogens is 641 g/mol. The Hall–Kier alpha value is -5.13. The normalized spacial score (nSPS) is 19.2. The van der Waals surface area contributed by atoms with E-state index in [4.69, 9.17) is 4.99 Å². The Morgan fingerprint density at radius 2 is 1.84 bits per heavy atom. The zero-order valence-corrected chi connectivity index (χ0v) is 31.4. The fourth-order valence-corrected chi connectivity index (χ4v) is 8.66. The van der Waals surface area contributed by atoms with E-state index in [9.17, 15) is 0 Å². The first kappa shape index (κ1) is 35.7. The van der Waals surface area contributed by atoms with Crippen molar-refractivity contribution in [2.45, 2.75) is 57.6 Å². The number of hydrogen-bond acceptors (Lipinski definition) is 3. The number of fused-ring (bicyclic) bond motifs is 6. The number of rotatable bonds is 9. The molecule has 0 N–H and O–H groups in total. The van der Waals surface area contributed by atoms with Gasteiger partial charge < -0.3 is 9.47 Å². The molecule has 0 saturated carbocycles. The third kappa shape index (κ3) is 6.96. The molecule has 51 heavy (non-hydrogen) atoms. The van der Waals surface area contributed by atoms with Gasteiger partial charge in [0.25, 0.3) is 0 Å². The van der Waals surface area contributed by atoms with Crippen molar-refractivity contribution in [1.29, 1.82) is 0 Å². The summed E-state index contributed by atoms with van der Waals surface area (Å²) in [6.45, 7) is 19.7. The summed E-state index contributed by atoms with van der Waals surface area (Å²) in [5.41, 5.74) is 13.2. The zero-order chi connectivity index (χ0) is 35.9. The van der Waals surface area contributed by atoms with Gasteiger partial charge in [0.2, 0.25) is 0 Å². The maximum absolute atomic E-state index is 5.06. The predicted octanol–water partition coefficient (Wildman–Crippen LogP) is 12.2. The van der Waals surface area contributed by atoms with Crippen LogP contribution in [0.4, 0.5) is 11.4 Å². The van der Waals surface area contributed by atoms with Crippen LogP contribution in [0.15, 0.2) is 142 Å². The van der Waals surface area contributed by atoms with Crippen LogP contribution in [0.25, 0.3) is 28.2 Å². The van der Waals surface area contributed by atoms with Crippen molar-refractivity contribution in [3.63, 3.8) is 0 Å². The largest absolute Gasteiger partial charge is 0.337 e. The smallest absolute Gasteiger partial charge is 0.155 e. The van der Waals surface area contributed by atoms with E-state index < -0.39 is 0 Å². The van der Waals surface area contributed by atoms with Crippen LogP contribution in [0.1, 0.15) is 62.1 Å². The van der Waals surface area contributed by atoms with Gasteiger partial charge >= 0.3 is 0 Å². The molecule has 0 amide bonds. The first-order chi connectivity index (χ1) is 25.0. The molecule has 0 radical (unpaired) electrons. The Morgan fingerprint density at radius 1 is 1.00 bits per heavy atom. The molecule has 1 aliphatic carbocycles. The highest BCUT2D eigenvalue weighted by Crippen LogP contribution is 2.51. The van der Waals surface area contributed by atoms with Crippen LogP contribution in [0, 0.1) is 6.92 Å². The van der Waals surface area contributed by atoms with Crippen molar-refractivity contribution in [2.24, 2.45) is 9.98 Å². The minimum Gasteiger partial charge on any atom is -0.337 e. The second-order valence-electron chi connectivity index (χ2n) is 12.7. The lowest BCUT2D eigenvalue weighted by Gasteiger charge is -2.28. The summed E-state index contributed by atoms with van der Waals surface area (Å²) >= 11 is 1.93. The van der Waals surface area contributed by atoms with Crippen LogP contribution < -0.4 is 4.90 Å². The maximum Gasteiger partial charge on any atom is 0.155 e. The van der Waals surface area contributed by atoms with Crippen LogP contribution in [0.3, 0.4) is 0 Å². The Kier molecular flexibility index (Phi) is 11.4. The molecule has 5 heteroatoms. The molecule has 3 aromatic rings. The molecule has 0 fully saturated rings. The van der Waals surface area contributed by atoms with Gasteiger partial charge in [0, 0.05) is 56.0 Å². The average Bonchev–Trinajstić information content (AvgIpc) is 3.69. The Bertz CT molecular complexity index is 2170. The zero-order valence-electron chi connectivity index (χ0n) is 30.6. The molecule has 3 heterocycles. The second kappa shape index (κ2) is 16.3. The molecule has 0 spiro atoms. The fraction of sp³-hybridized carbons (Fsp3) is 0.217. The number of allylic oxidation sites excluding steroid dienone is 14. The minimum absolute atomic E-state index is 0.380. The number of amidine groups is 1. The van der Waals surface area contributed by atoms with Crippen LogP contribution in [0.5, 0.6) is 0 Å². The van der Waals surface area contributed by atoms with Gasteiger partial charge in [-0.2, -0.15) is 0 Å². The molecular formula is C46H48N4S. The summed E-state index contributed by atoms with van der Waals surface area (Å²) < 4.78 is 2.42. The van der Waals surface area contributed by atoms with Gasteiger partial charge in [0.1, 0.15) is 0 Å². The molecule has 0 saturated heterocycles. The molecule has 0 bridgehead atoms. The molecule has 1 atom stereocenters. The summed E-state index contributed by atoms with van der Waals surface area (Å²) in [4.78, 5) is 13.3. The highest BCUT2D eigenvalue weighted by molar-refractivity contribution is 8.01. The van der Waals surface area contributed by atoms with Gasteiger partial charge in [-0.05, 0) is 107 Å². The van der Waals surface area contributed by atoms with Crippen molar-refractivity contribution < 1.29 is 0 Å². The summed E-state index contributed by atoms with van der Waals surface area (Å²) in [7, 11) is 0. The van der Waals surface area contributed by atoms with Gasteiger partial charge in [0.15, 0.2) is 5.84 Å².